The lowest BCUT2D eigenvalue weighted by Crippen LogP contribution is -2.37. The number of nitrogens with zero attached hydrogens (tertiary/aromatic N) is 2. The molecule has 1 aromatic carbocycles. The summed E-state index contributed by atoms with van der Waals surface area (Å²) in [6.07, 6.45) is 0. The van der Waals surface area contributed by atoms with E-state index in [4.69, 9.17) is 0 Å². The van der Waals surface area contributed by atoms with Crippen molar-refractivity contribution in [2.75, 3.05) is 13.7 Å². The van der Waals surface area contributed by atoms with Crippen LogP contribution in [-0.2, 0) is 5.41 Å². The fourth-order valence-electron chi connectivity index (χ4n) is 2.32. The van der Waals surface area contributed by atoms with Gasteiger partial charge in [-0.15, -0.1) is 11.3 Å². The van der Waals surface area contributed by atoms with Crippen molar-refractivity contribution in [2.45, 2.75) is 39.2 Å². The lowest BCUT2D eigenvalue weighted by Gasteiger charge is -2.23. The van der Waals surface area contributed by atoms with E-state index in [0.29, 0.717) is 4.88 Å². The minimum absolute atomic E-state index is 0.0531. The van der Waals surface area contributed by atoms with Crippen LogP contribution >= 0.6 is 11.3 Å². The van der Waals surface area contributed by atoms with Crippen LogP contribution in [0, 0.1) is 6.92 Å². The smallest absolute Gasteiger partial charge is 0.265 e. The van der Waals surface area contributed by atoms with Gasteiger partial charge < -0.3 is 10.0 Å². The highest BCUT2D eigenvalue weighted by molar-refractivity contribution is 7.14. The number of thiazole rings is 1. The molecule has 0 saturated heterocycles. The third-order valence-corrected chi connectivity index (χ3v) is 5.74. The molecule has 0 spiro atoms. The van der Waals surface area contributed by atoms with Crippen LogP contribution in [0.3, 0.4) is 0 Å². The molecule has 0 fully saturated rings. The van der Waals surface area contributed by atoms with Crippen molar-refractivity contribution in [1.29, 1.82) is 0 Å². The Labute approximate surface area is 141 Å². The third-order valence-electron chi connectivity index (χ3n) is 4.27. The first kappa shape index (κ1) is 17.6. The second-order valence-electron chi connectivity index (χ2n) is 6.37. The van der Waals surface area contributed by atoms with Crippen molar-refractivity contribution in [1.82, 2.24) is 9.88 Å². The fraction of sp³-hybridized carbons (Fsp3) is 0.444. The van der Waals surface area contributed by atoms with E-state index >= 15 is 0 Å². The van der Waals surface area contributed by atoms with Crippen LogP contribution in [0.2, 0.25) is 0 Å². The fourth-order valence-corrected chi connectivity index (χ4v) is 3.50. The van der Waals surface area contributed by atoms with E-state index in [1.807, 2.05) is 32.0 Å². The summed E-state index contributed by atoms with van der Waals surface area (Å²) in [7, 11) is 1.71. The molecule has 1 heterocycles. The van der Waals surface area contributed by atoms with Gasteiger partial charge in [0, 0.05) is 12.5 Å². The molecule has 1 amide bonds. The normalized spacial score (nSPS) is 13.0. The second kappa shape index (κ2) is 6.81. The van der Waals surface area contributed by atoms with E-state index in [1.54, 1.807) is 11.9 Å². The lowest BCUT2D eigenvalue weighted by molar-refractivity contribution is 0.0686. The summed E-state index contributed by atoms with van der Waals surface area (Å²) in [5.41, 5.74) is 1.66. The topological polar surface area (TPSA) is 53.4 Å². The Balaban J connectivity index is 2.36. The van der Waals surface area contributed by atoms with Crippen LogP contribution in [0.1, 0.15) is 46.7 Å². The van der Waals surface area contributed by atoms with Gasteiger partial charge in [-0.1, -0.05) is 30.3 Å². The van der Waals surface area contributed by atoms with E-state index in [2.05, 4.69) is 31.0 Å². The molecule has 1 unspecified atom stereocenters. The average Bonchev–Trinajstić information content (AvgIpc) is 2.96. The van der Waals surface area contributed by atoms with Crippen LogP contribution in [0.4, 0.5) is 0 Å². The molecule has 124 valence electrons. The molecule has 0 aliphatic rings. The number of amides is 1. The van der Waals surface area contributed by atoms with Gasteiger partial charge in [0.1, 0.15) is 9.88 Å². The van der Waals surface area contributed by atoms with Crippen LogP contribution < -0.4 is 0 Å². The average molecular weight is 332 g/mol. The summed E-state index contributed by atoms with van der Waals surface area (Å²) < 4.78 is 0. The van der Waals surface area contributed by atoms with Crippen molar-refractivity contribution in [3.63, 3.8) is 0 Å². The van der Waals surface area contributed by atoms with Gasteiger partial charge in [0.25, 0.3) is 5.91 Å². The Morgan fingerprint density at radius 3 is 2.52 bits per heavy atom. The van der Waals surface area contributed by atoms with Gasteiger partial charge >= 0.3 is 0 Å². The number of likely N-dealkylation sites (N-methyl/N-ethyl adjacent to an activating group) is 1. The monoisotopic (exact) mass is 332 g/mol. The Hall–Kier alpha value is -1.72. The zero-order valence-electron chi connectivity index (χ0n) is 14.3. The molecule has 2 aromatic rings. The summed E-state index contributed by atoms with van der Waals surface area (Å²) in [4.78, 5) is 19.5. The molecule has 4 nitrogen and oxygen atoms in total. The number of hydrogen-bond donors (Lipinski definition) is 1. The van der Waals surface area contributed by atoms with Gasteiger partial charge in [0.05, 0.1) is 18.3 Å². The zero-order chi connectivity index (χ0) is 17.2. The second-order valence-corrected chi connectivity index (χ2v) is 7.37. The summed E-state index contributed by atoms with van der Waals surface area (Å²) in [6.45, 7) is 7.88. The molecule has 23 heavy (non-hydrogen) atoms. The third kappa shape index (κ3) is 3.46. The largest absolute Gasteiger partial charge is 0.394 e. The number of aromatic nitrogens is 1. The molecule has 2 rings (SSSR count). The van der Waals surface area contributed by atoms with Crippen LogP contribution in [0.5, 0.6) is 0 Å². The van der Waals surface area contributed by atoms with Gasteiger partial charge in [0.15, 0.2) is 0 Å². The van der Waals surface area contributed by atoms with Gasteiger partial charge in [-0.3, -0.25) is 4.79 Å². The zero-order valence-corrected chi connectivity index (χ0v) is 15.1. The molecule has 0 aliphatic heterocycles. The lowest BCUT2D eigenvalue weighted by atomic mass is 9.85. The van der Waals surface area contributed by atoms with Crippen LogP contribution in [0.15, 0.2) is 30.3 Å². The summed E-state index contributed by atoms with van der Waals surface area (Å²) in [5.74, 6) is -0.0864. The van der Waals surface area contributed by atoms with E-state index in [0.717, 1.165) is 10.7 Å². The molecule has 5 heteroatoms. The molecule has 0 aliphatic carbocycles. The molecule has 0 bridgehead atoms. The van der Waals surface area contributed by atoms with Crippen molar-refractivity contribution >= 4 is 17.2 Å². The summed E-state index contributed by atoms with van der Waals surface area (Å²) >= 11 is 1.44. The highest BCUT2D eigenvalue weighted by Crippen LogP contribution is 2.35. The molecule has 0 radical (unpaired) electrons. The number of aliphatic hydroxyl groups is 1. The molecule has 0 saturated carbocycles. The predicted octanol–water partition coefficient (Wildman–Crippen LogP) is 3.23. The molecular weight excluding hydrogens is 308 g/mol. The first-order chi connectivity index (χ1) is 10.8. The van der Waals surface area contributed by atoms with Crippen LogP contribution in [-0.4, -0.2) is 40.6 Å². The summed E-state index contributed by atoms with van der Waals surface area (Å²) in [5, 5.41) is 10.2. The van der Waals surface area contributed by atoms with Crippen molar-refractivity contribution in [3.05, 3.63) is 51.5 Å². The molecule has 1 N–H and O–H groups in total. The highest BCUT2D eigenvalue weighted by atomic mass is 32.1. The summed E-state index contributed by atoms with van der Waals surface area (Å²) in [6, 6.07) is 9.97. The maximum absolute atomic E-state index is 12.6. The Bertz CT molecular complexity index is 680. The van der Waals surface area contributed by atoms with Crippen molar-refractivity contribution < 1.29 is 9.90 Å². The standard InChI is InChI=1S/C18H24N2O2S/c1-12(11-21)20(5)16(22)15-13(2)19-17(23-15)18(3,4)14-9-7-6-8-10-14/h6-10,12,21H,11H2,1-5H3. The molecule has 1 atom stereocenters. The highest BCUT2D eigenvalue weighted by Gasteiger charge is 2.30. The van der Waals surface area contributed by atoms with Gasteiger partial charge in [-0.2, -0.15) is 0 Å². The number of benzene rings is 1. The Morgan fingerprint density at radius 2 is 1.96 bits per heavy atom. The Morgan fingerprint density at radius 1 is 1.35 bits per heavy atom. The SMILES string of the molecule is Cc1nc(C(C)(C)c2ccccc2)sc1C(=O)N(C)C(C)CO. The van der Waals surface area contributed by atoms with E-state index in [1.165, 1.54) is 16.9 Å². The number of rotatable bonds is 5. The number of carbonyl (C=O) groups is 1. The minimum Gasteiger partial charge on any atom is -0.394 e. The minimum atomic E-state index is -0.254. The first-order valence-corrected chi connectivity index (χ1v) is 8.52. The number of hydrogen-bond acceptors (Lipinski definition) is 4. The number of carbonyl (C=O) groups excluding carboxylic acids is 1. The quantitative estimate of drug-likeness (QED) is 0.914. The van der Waals surface area contributed by atoms with Gasteiger partial charge in [0.2, 0.25) is 0 Å². The van der Waals surface area contributed by atoms with E-state index in [-0.39, 0.29) is 24.0 Å². The molecule has 1 aromatic heterocycles. The number of aliphatic hydroxyl groups excluding tert-OH is 1. The van der Waals surface area contributed by atoms with Gasteiger partial charge in [-0.05, 0) is 33.3 Å². The maximum atomic E-state index is 12.6. The van der Waals surface area contributed by atoms with Crippen molar-refractivity contribution in [3.8, 4) is 0 Å². The molecular formula is C18H24N2O2S. The van der Waals surface area contributed by atoms with Crippen LogP contribution in [0.25, 0.3) is 0 Å². The predicted molar refractivity (Wildman–Crippen MR) is 94.1 cm³/mol. The van der Waals surface area contributed by atoms with Crippen molar-refractivity contribution in [2.24, 2.45) is 0 Å². The van der Waals surface area contributed by atoms with E-state index < -0.39 is 0 Å². The Kier molecular flexibility index (Phi) is 5.22. The maximum Gasteiger partial charge on any atom is 0.265 e. The van der Waals surface area contributed by atoms with Gasteiger partial charge in [-0.25, -0.2) is 4.98 Å². The number of aryl methyl sites for hydroxylation is 1. The van der Waals surface area contributed by atoms with E-state index in [9.17, 15) is 9.90 Å². The first-order valence-electron chi connectivity index (χ1n) is 7.70.